The molecule has 3 aromatic carbocycles. The molecule has 3 aromatic rings. The Morgan fingerprint density at radius 1 is 0.919 bits per heavy atom. The monoisotopic (exact) mass is 497 g/mol. The molecule has 0 unspecified atom stereocenters. The molecular weight excluding hydrogens is 458 g/mol. The van der Waals surface area contributed by atoms with Gasteiger partial charge in [0.1, 0.15) is 5.75 Å². The number of rotatable bonds is 8. The third-order valence-electron chi connectivity index (χ3n) is 6.91. The number of ether oxygens (including phenoxy) is 1. The lowest BCUT2D eigenvalue weighted by atomic mass is 9.97. The minimum absolute atomic E-state index is 0.000587. The van der Waals surface area contributed by atoms with Crippen molar-refractivity contribution in [2.75, 3.05) is 59.3 Å². The number of ketones is 1. The van der Waals surface area contributed by atoms with Gasteiger partial charge in [0, 0.05) is 44.0 Å². The molecule has 0 N–H and O–H groups in total. The predicted molar refractivity (Wildman–Crippen MR) is 155 cm³/mol. The van der Waals surface area contributed by atoms with Gasteiger partial charge in [-0.2, -0.15) is 0 Å². The molecule has 0 saturated carbocycles. The first kappa shape index (κ1) is 26.6. The van der Waals surface area contributed by atoms with Gasteiger partial charge in [-0.05, 0) is 99.7 Å². The second-order valence-corrected chi connectivity index (χ2v) is 10.4. The molecule has 4 rings (SSSR count). The van der Waals surface area contributed by atoms with Crippen LogP contribution in [0.3, 0.4) is 0 Å². The summed E-state index contributed by atoms with van der Waals surface area (Å²) in [5, 5.41) is 0. The third kappa shape index (κ3) is 6.68. The number of hydrogen-bond donors (Lipinski definition) is 0. The number of methoxy groups -OCH3 is 1. The van der Waals surface area contributed by atoms with E-state index in [0.29, 0.717) is 12.1 Å². The van der Waals surface area contributed by atoms with Gasteiger partial charge >= 0.3 is 0 Å². The van der Waals surface area contributed by atoms with E-state index in [1.807, 2.05) is 38.4 Å². The van der Waals surface area contributed by atoms with Crippen molar-refractivity contribution < 1.29 is 9.53 Å². The summed E-state index contributed by atoms with van der Waals surface area (Å²) in [6.07, 6.45) is 3.72. The molecule has 1 saturated heterocycles. The SMILES string of the molecule is COc1ccc(C(=O)C=Cc2cc(-c3cc(C)cc(C)c3)ccc2N2CCN(C)CC2)c(CN(C)C)c1. The fourth-order valence-electron chi connectivity index (χ4n) is 5.01. The molecule has 0 aliphatic carbocycles. The van der Waals surface area contributed by atoms with Crippen LogP contribution in [0.5, 0.6) is 5.75 Å². The Balaban J connectivity index is 1.72. The Morgan fingerprint density at radius 2 is 1.62 bits per heavy atom. The van der Waals surface area contributed by atoms with E-state index in [4.69, 9.17) is 4.74 Å². The van der Waals surface area contributed by atoms with Crippen LogP contribution in [0.4, 0.5) is 5.69 Å². The highest BCUT2D eigenvalue weighted by molar-refractivity contribution is 6.08. The number of carbonyl (C=O) groups is 1. The quantitative estimate of drug-likeness (QED) is 0.295. The average Bonchev–Trinajstić information content (AvgIpc) is 2.86. The molecule has 1 aliphatic rings. The molecule has 0 bridgehead atoms. The Labute approximate surface area is 222 Å². The number of anilines is 1. The van der Waals surface area contributed by atoms with Crippen LogP contribution in [0.1, 0.15) is 32.6 Å². The zero-order valence-corrected chi connectivity index (χ0v) is 23.0. The largest absolute Gasteiger partial charge is 0.497 e. The number of carbonyl (C=O) groups excluding carboxylic acids is 1. The zero-order valence-electron chi connectivity index (χ0n) is 23.0. The molecule has 37 heavy (non-hydrogen) atoms. The van der Waals surface area contributed by atoms with E-state index in [1.54, 1.807) is 13.2 Å². The van der Waals surface area contributed by atoms with E-state index in [1.165, 1.54) is 22.4 Å². The number of likely N-dealkylation sites (N-methyl/N-ethyl adjacent to an activating group) is 1. The summed E-state index contributed by atoms with van der Waals surface area (Å²) in [7, 11) is 7.83. The summed E-state index contributed by atoms with van der Waals surface area (Å²) >= 11 is 0. The van der Waals surface area contributed by atoms with Gasteiger partial charge < -0.3 is 19.4 Å². The van der Waals surface area contributed by atoms with Crippen LogP contribution < -0.4 is 9.64 Å². The Kier molecular flexibility index (Phi) is 8.47. The number of aryl methyl sites for hydroxylation is 2. The van der Waals surface area contributed by atoms with Crippen molar-refractivity contribution in [3.8, 4) is 16.9 Å². The van der Waals surface area contributed by atoms with E-state index in [2.05, 4.69) is 72.0 Å². The first-order valence-corrected chi connectivity index (χ1v) is 12.9. The van der Waals surface area contributed by atoms with Crippen LogP contribution in [-0.2, 0) is 6.54 Å². The van der Waals surface area contributed by atoms with Gasteiger partial charge in [0.15, 0.2) is 5.78 Å². The van der Waals surface area contributed by atoms with Gasteiger partial charge in [-0.3, -0.25) is 4.79 Å². The topological polar surface area (TPSA) is 36.0 Å². The van der Waals surface area contributed by atoms with Crippen LogP contribution in [0.25, 0.3) is 17.2 Å². The molecule has 1 heterocycles. The maximum atomic E-state index is 13.4. The highest BCUT2D eigenvalue weighted by Crippen LogP contribution is 2.31. The molecule has 0 atom stereocenters. The highest BCUT2D eigenvalue weighted by Gasteiger charge is 2.18. The van der Waals surface area contributed by atoms with E-state index in [-0.39, 0.29) is 5.78 Å². The maximum absolute atomic E-state index is 13.4. The van der Waals surface area contributed by atoms with Crippen molar-refractivity contribution >= 4 is 17.5 Å². The molecule has 0 amide bonds. The predicted octanol–water partition coefficient (Wildman–Crippen LogP) is 5.69. The second kappa shape index (κ2) is 11.8. The van der Waals surface area contributed by atoms with Gasteiger partial charge in [0.05, 0.1) is 7.11 Å². The summed E-state index contributed by atoms with van der Waals surface area (Å²) in [6.45, 7) is 8.94. The zero-order chi connectivity index (χ0) is 26.5. The summed E-state index contributed by atoms with van der Waals surface area (Å²) < 4.78 is 5.41. The number of allylic oxidation sites excluding steroid dienone is 1. The van der Waals surface area contributed by atoms with Crippen molar-refractivity contribution in [2.24, 2.45) is 0 Å². The Morgan fingerprint density at radius 3 is 2.27 bits per heavy atom. The molecule has 0 aromatic heterocycles. The van der Waals surface area contributed by atoms with Crippen molar-refractivity contribution in [1.82, 2.24) is 9.80 Å². The second-order valence-electron chi connectivity index (χ2n) is 10.4. The fourth-order valence-corrected chi connectivity index (χ4v) is 5.01. The van der Waals surface area contributed by atoms with Crippen molar-refractivity contribution in [3.05, 3.63) is 88.5 Å². The molecular formula is C32H39N3O2. The maximum Gasteiger partial charge on any atom is 0.186 e. The molecule has 1 aliphatic heterocycles. The van der Waals surface area contributed by atoms with E-state index >= 15 is 0 Å². The molecule has 5 nitrogen and oxygen atoms in total. The molecule has 0 radical (unpaired) electrons. The lowest BCUT2D eigenvalue weighted by molar-refractivity contribution is 0.104. The fraction of sp³-hybridized carbons (Fsp3) is 0.344. The number of benzene rings is 3. The van der Waals surface area contributed by atoms with Gasteiger partial charge in [-0.1, -0.05) is 35.4 Å². The summed E-state index contributed by atoms with van der Waals surface area (Å²) in [6, 6.07) is 19.0. The minimum Gasteiger partial charge on any atom is -0.497 e. The van der Waals surface area contributed by atoms with Crippen molar-refractivity contribution in [3.63, 3.8) is 0 Å². The van der Waals surface area contributed by atoms with E-state index in [9.17, 15) is 4.79 Å². The molecule has 5 heteroatoms. The first-order valence-electron chi connectivity index (χ1n) is 12.9. The van der Waals surface area contributed by atoms with Crippen LogP contribution in [-0.4, -0.2) is 70.0 Å². The summed E-state index contributed by atoms with van der Waals surface area (Å²) in [4.78, 5) is 20.3. The van der Waals surface area contributed by atoms with Crippen LogP contribution in [0, 0.1) is 13.8 Å². The van der Waals surface area contributed by atoms with Crippen LogP contribution in [0.2, 0.25) is 0 Å². The summed E-state index contributed by atoms with van der Waals surface area (Å²) in [5.74, 6) is 0.761. The van der Waals surface area contributed by atoms with Crippen molar-refractivity contribution in [1.29, 1.82) is 0 Å². The number of piperazine rings is 1. The van der Waals surface area contributed by atoms with Gasteiger partial charge in [-0.25, -0.2) is 0 Å². The van der Waals surface area contributed by atoms with Crippen LogP contribution >= 0.6 is 0 Å². The van der Waals surface area contributed by atoms with Crippen molar-refractivity contribution in [2.45, 2.75) is 20.4 Å². The van der Waals surface area contributed by atoms with Crippen LogP contribution in [0.15, 0.2) is 60.7 Å². The average molecular weight is 498 g/mol. The first-order chi connectivity index (χ1) is 17.7. The lowest BCUT2D eigenvalue weighted by Crippen LogP contribution is -2.44. The van der Waals surface area contributed by atoms with Gasteiger partial charge in [0.25, 0.3) is 0 Å². The minimum atomic E-state index is 0.000587. The van der Waals surface area contributed by atoms with Gasteiger partial charge in [-0.15, -0.1) is 0 Å². The molecule has 0 spiro atoms. The standard InChI is InChI=1S/C32H39N3O2/c1-23-17-24(2)19-27(18-23)25-7-11-31(35-15-13-34(5)14-16-35)26(20-25)8-12-32(36)30-10-9-29(37-6)21-28(30)22-33(3)4/h7-12,17-21H,13-16,22H2,1-6H3. The van der Waals surface area contributed by atoms with E-state index < -0.39 is 0 Å². The third-order valence-corrected chi connectivity index (χ3v) is 6.91. The lowest BCUT2D eigenvalue weighted by Gasteiger charge is -2.35. The summed E-state index contributed by atoms with van der Waals surface area (Å²) in [5.41, 5.74) is 8.77. The Hall–Kier alpha value is -3.41. The molecule has 194 valence electrons. The molecule has 1 fully saturated rings. The van der Waals surface area contributed by atoms with E-state index in [0.717, 1.165) is 48.6 Å². The van der Waals surface area contributed by atoms with Gasteiger partial charge in [0.2, 0.25) is 0 Å². The number of hydrogen-bond acceptors (Lipinski definition) is 5. The Bertz CT molecular complexity index is 1270. The number of nitrogens with zero attached hydrogens (tertiary/aromatic N) is 3. The smallest absolute Gasteiger partial charge is 0.186 e. The highest BCUT2D eigenvalue weighted by atomic mass is 16.5. The normalized spacial score (nSPS) is 14.5.